The zero-order chi connectivity index (χ0) is 11.5. The number of likely N-dealkylation sites (tertiary alicyclic amines) is 1. The van der Waals surface area contributed by atoms with Crippen molar-refractivity contribution in [2.24, 2.45) is 5.73 Å². The van der Waals surface area contributed by atoms with Crippen molar-refractivity contribution in [1.82, 2.24) is 4.90 Å². The van der Waals surface area contributed by atoms with E-state index in [0.29, 0.717) is 12.5 Å². The molecule has 0 bridgehead atoms. The Morgan fingerprint density at radius 3 is 2.87 bits per heavy atom. The van der Waals surface area contributed by atoms with E-state index in [9.17, 15) is 4.79 Å². The third-order valence-corrected chi connectivity index (χ3v) is 3.38. The highest BCUT2D eigenvalue weighted by Gasteiger charge is 2.30. The van der Waals surface area contributed by atoms with Crippen LogP contribution in [0.5, 0.6) is 0 Å². The van der Waals surface area contributed by atoms with E-state index in [0.717, 1.165) is 19.5 Å². The van der Waals surface area contributed by atoms with Gasteiger partial charge in [-0.3, -0.25) is 4.79 Å². The van der Waals surface area contributed by atoms with Crippen LogP contribution < -0.4 is 5.73 Å². The number of nitrogens with two attached hydrogens (primary N) is 1. The van der Waals surface area contributed by atoms with Crippen LogP contribution in [0.2, 0.25) is 0 Å². The number of carboxylic acids is 1. The van der Waals surface area contributed by atoms with Gasteiger partial charge in [0.1, 0.15) is 5.54 Å². The summed E-state index contributed by atoms with van der Waals surface area (Å²) in [7, 11) is 0. The fraction of sp³-hybridized carbons (Fsp3) is 0.909. The lowest BCUT2D eigenvalue weighted by molar-refractivity contribution is -0.143. The molecule has 15 heavy (non-hydrogen) atoms. The normalized spacial score (nSPS) is 26.5. The maximum Gasteiger partial charge on any atom is 0.323 e. The lowest BCUT2D eigenvalue weighted by atomic mass is 9.99. The third-order valence-electron chi connectivity index (χ3n) is 3.38. The van der Waals surface area contributed by atoms with Crippen LogP contribution in [0.4, 0.5) is 0 Å². The molecule has 1 aliphatic rings. The molecule has 2 unspecified atom stereocenters. The number of aliphatic carboxylic acids is 1. The minimum atomic E-state index is -1.08. The maximum atomic E-state index is 10.8. The maximum absolute atomic E-state index is 10.8. The van der Waals surface area contributed by atoms with Crippen LogP contribution in [0.25, 0.3) is 0 Å². The third kappa shape index (κ3) is 3.18. The average molecular weight is 214 g/mol. The molecule has 0 aromatic rings. The standard InChI is InChI=1S/C11H22N2O2/c1-3-9-5-4-7-13(9)8-6-11(2,12)10(14)15/h9H,3-8,12H2,1-2H3,(H,14,15). The molecule has 0 spiro atoms. The summed E-state index contributed by atoms with van der Waals surface area (Å²) in [5.41, 5.74) is 4.62. The number of hydrogen-bond donors (Lipinski definition) is 2. The Morgan fingerprint density at radius 1 is 1.67 bits per heavy atom. The van der Waals surface area contributed by atoms with Crippen LogP contribution in [0.1, 0.15) is 39.5 Å². The lowest BCUT2D eigenvalue weighted by Crippen LogP contribution is -2.47. The van der Waals surface area contributed by atoms with E-state index in [2.05, 4.69) is 11.8 Å². The van der Waals surface area contributed by atoms with E-state index >= 15 is 0 Å². The van der Waals surface area contributed by atoms with Gasteiger partial charge in [-0.15, -0.1) is 0 Å². The van der Waals surface area contributed by atoms with Crippen LogP contribution >= 0.6 is 0 Å². The van der Waals surface area contributed by atoms with Gasteiger partial charge in [0.15, 0.2) is 0 Å². The quantitative estimate of drug-likeness (QED) is 0.718. The smallest absolute Gasteiger partial charge is 0.323 e. The van der Waals surface area contributed by atoms with Crippen LogP contribution in [0.15, 0.2) is 0 Å². The second kappa shape index (κ2) is 4.94. The molecule has 2 atom stereocenters. The number of carboxylic acid groups (broad SMARTS) is 1. The van der Waals surface area contributed by atoms with Gasteiger partial charge in [-0.05, 0) is 39.2 Å². The van der Waals surface area contributed by atoms with Gasteiger partial charge in [0, 0.05) is 12.6 Å². The lowest BCUT2D eigenvalue weighted by Gasteiger charge is -2.27. The molecule has 1 saturated heterocycles. The number of hydrogen-bond acceptors (Lipinski definition) is 3. The molecule has 0 saturated carbocycles. The van der Waals surface area contributed by atoms with E-state index in [-0.39, 0.29) is 0 Å². The largest absolute Gasteiger partial charge is 0.480 e. The van der Waals surface area contributed by atoms with Gasteiger partial charge in [0.2, 0.25) is 0 Å². The fourth-order valence-electron chi connectivity index (χ4n) is 2.13. The molecule has 4 heteroatoms. The summed E-state index contributed by atoms with van der Waals surface area (Å²) in [6.07, 6.45) is 4.14. The minimum Gasteiger partial charge on any atom is -0.480 e. The Labute approximate surface area is 91.4 Å². The fourth-order valence-corrected chi connectivity index (χ4v) is 2.13. The Bertz CT molecular complexity index is 229. The molecule has 0 aliphatic carbocycles. The molecule has 88 valence electrons. The molecule has 1 heterocycles. The second-order valence-corrected chi connectivity index (χ2v) is 4.71. The molecular formula is C11H22N2O2. The molecule has 1 fully saturated rings. The topological polar surface area (TPSA) is 66.6 Å². The molecule has 3 N–H and O–H groups in total. The van der Waals surface area contributed by atoms with Crippen molar-refractivity contribution >= 4 is 5.97 Å². The highest BCUT2D eigenvalue weighted by atomic mass is 16.4. The summed E-state index contributed by atoms with van der Waals surface area (Å²) in [6.45, 7) is 5.67. The highest BCUT2D eigenvalue weighted by Crippen LogP contribution is 2.21. The highest BCUT2D eigenvalue weighted by molar-refractivity contribution is 5.77. The van der Waals surface area contributed by atoms with Crippen molar-refractivity contribution in [2.45, 2.75) is 51.1 Å². The van der Waals surface area contributed by atoms with Crippen molar-refractivity contribution in [3.8, 4) is 0 Å². The molecule has 0 amide bonds. The van der Waals surface area contributed by atoms with Gasteiger partial charge in [-0.25, -0.2) is 0 Å². The zero-order valence-corrected chi connectivity index (χ0v) is 9.70. The first kappa shape index (κ1) is 12.5. The van der Waals surface area contributed by atoms with Crippen molar-refractivity contribution in [3.05, 3.63) is 0 Å². The Balaban J connectivity index is 2.39. The summed E-state index contributed by atoms with van der Waals surface area (Å²) in [4.78, 5) is 13.2. The van der Waals surface area contributed by atoms with Gasteiger partial charge in [-0.1, -0.05) is 6.92 Å². The summed E-state index contributed by atoms with van der Waals surface area (Å²) < 4.78 is 0. The van der Waals surface area contributed by atoms with Gasteiger partial charge < -0.3 is 15.7 Å². The van der Waals surface area contributed by atoms with E-state index < -0.39 is 11.5 Å². The Morgan fingerprint density at radius 2 is 2.33 bits per heavy atom. The molecule has 0 radical (unpaired) electrons. The summed E-state index contributed by atoms with van der Waals surface area (Å²) in [6, 6.07) is 0.634. The predicted molar refractivity (Wildman–Crippen MR) is 59.7 cm³/mol. The summed E-state index contributed by atoms with van der Waals surface area (Å²) in [5, 5.41) is 8.89. The zero-order valence-electron chi connectivity index (χ0n) is 9.70. The van der Waals surface area contributed by atoms with Crippen LogP contribution in [-0.4, -0.2) is 40.6 Å². The summed E-state index contributed by atoms with van der Waals surface area (Å²) in [5.74, 6) is -0.908. The second-order valence-electron chi connectivity index (χ2n) is 4.71. The predicted octanol–water partition coefficient (Wildman–Crippen LogP) is 1.05. The van der Waals surface area contributed by atoms with Crippen molar-refractivity contribution in [1.29, 1.82) is 0 Å². The van der Waals surface area contributed by atoms with Crippen LogP contribution in [0, 0.1) is 0 Å². The molecular weight excluding hydrogens is 192 g/mol. The van der Waals surface area contributed by atoms with E-state index in [1.807, 2.05) is 0 Å². The van der Waals surface area contributed by atoms with Crippen molar-refractivity contribution < 1.29 is 9.90 Å². The van der Waals surface area contributed by atoms with E-state index in [1.165, 1.54) is 12.8 Å². The number of nitrogens with zero attached hydrogens (tertiary/aromatic N) is 1. The molecule has 0 aromatic carbocycles. The summed E-state index contributed by atoms with van der Waals surface area (Å²) >= 11 is 0. The van der Waals surface area contributed by atoms with Gasteiger partial charge >= 0.3 is 5.97 Å². The van der Waals surface area contributed by atoms with Gasteiger partial charge in [0.25, 0.3) is 0 Å². The molecule has 1 aliphatic heterocycles. The van der Waals surface area contributed by atoms with Gasteiger partial charge in [-0.2, -0.15) is 0 Å². The molecule has 1 rings (SSSR count). The van der Waals surface area contributed by atoms with Crippen molar-refractivity contribution in [2.75, 3.05) is 13.1 Å². The van der Waals surface area contributed by atoms with Crippen LogP contribution in [0.3, 0.4) is 0 Å². The molecule has 4 nitrogen and oxygen atoms in total. The monoisotopic (exact) mass is 214 g/mol. The number of rotatable bonds is 5. The van der Waals surface area contributed by atoms with E-state index in [4.69, 9.17) is 10.8 Å². The van der Waals surface area contributed by atoms with Gasteiger partial charge in [0.05, 0.1) is 0 Å². The van der Waals surface area contributed by atoms with E-state index in [1.54, 1.807) is 6.92 Å². The Kier molecular flexibility index (Phi) is 4.11. The Hall–Kier alpha value is -0.610. The first-order valence-electron chi connectivity index (χ1n) is 5.73. The van der Waals surface area contributed by atoms with Crippen molar-refractivity contribution in [3.63, 3.8) is 0 Å². The first-order chi connectivity index (χ1) is 6.97. The first-order valence-corrected chi connectivity index (χ1v) is 5.73. The molecule has 0 aromatic heterocycles. The minimum absolute atomic E-state index is 0.527. The SMILES string of the molecule is CCC1CCCN1CCC(C)(N)C(=O)O. The van der Waals surface area contributed by atoms with Crippen LogP contribution in [-0.2, 0) is 4.79 Å². The number of carbonyl (C=O) groups is 1. The average Bonchev–Trinajstić information content (AvgIpc) is 2.61.